The molecule has 0 atom stereocenters. The Morgan fingerprint density at radius 3 is 2.71 bits per heavy atom. The molecular formula is C13H18N4. The predicted octanol–water partition coefficient (Wildman–Crippen LogP) is 1.73. The van der Waals surface area contributed by atoms with Crippen LogP contribution in [0.4, 0.5) is 5.82 Å². The van der Waals surface area contributed by atoms with Crippen LogP contribution in [0.15, 0.2) is 30.5 Å². The van der Waals surface area contributed by atoms with Crippen LogP contribution in [0.5, 0.6) is 0 Å². The van der Waals surface area contributed by atoms with Crippen LogP contribution in [-0.4, -0.2) is 28.8 Å². The highest BCUT2D eigenvalue weighted by atomic mass is 15.3. The van der Waals surface area contributed by atoms with Crippen LogP contribution in [-0.2, 0) is 13.6 Å². The quantitative estimate of drug-likeness (QED) is 0.873. The van der Waals surface area contributed by atoms with E-state index in [2.05, 4.69) is 48.4 Å². The molecule has 1 heterocycles. The normalized spacial score (nSPS) is 11.1. The molecule has 4 heteroatoms. The van der Waals surface area contributed by atoms with E-state index in [0.29, 0.717) is 5.82 Å². The second-order valence-corrected chi connectivity index (χ2v) is 4.51. The minimum absolute atomic E-state index is 0.701. The molecule has 4 nitrogen and oxygen atoms in total. The van der Waals surface area contributed by atoms with Gasteiger partial charge in [-0.1, -0.05) is 18.2 Å². The lowest BCUT2D eigenvalue weighted by Gasteiger charge is -2.10. The van der Waals surface area contributed by atoms with Gasteiger partial charge in [0, 0.05) is 19.2 Å². The molecule has 0 saturated heterocycles. The number of benzene rings is 1. The fourth-order valence-electron chi connectivity index (χ4n) is 1.87. The van der Waals surface area contributed by atoms with Gasteiger partial charge in [-0.25, -0.2) is 0 Å². The van der Waals surface area contributed by atoms with E-state index in [1.54, 1.807) is 4.68 Å². The molecule has 2 rings (SSSR count). The van der Waals surface area contributed by atoms with E-state index < -0.39 is 0 Å². The van der Waals surface area contributed by atoms with Gasteiger partial charge in [0.15, 0.2) is 0 Å². The number of aryl methyl sites for hydroxylation is 1. The molecule has 90 valence electrons. The van der Waals surface area contributed by atoms with E-state index in [0.717, 1.165) is 17.7 Å². The molecular weight excluding hydrogens is 212 g/mol. The summed E-state index contributed by atoms with van der Waals surface area (Å²) >= 11 is 0. The van der Waals surface area contributed by atoms with Gasteiger partial charge in [0.05, 0.1) is 6.20 Å². The molecule has 0 saturated carbocycles. The maximum absolute atomic E-state index is 5.98. The van der Waals surface area contributed by atoms with Crippen molar-refractivity contribution in [2.24, 2.45) is 7.05 Å². The zero-order valence-electron chi connectivity index (χ0n) is 10.5. The summed E-state index contributed by atoms with van der Waals surface area (Å²) in [5.41, 5.74) is 9.36. The predicted molar refractivity (Wildman–Crippen MR) is 70.4 cm³/mol. The lowest BCUT2D eigenvalue weighted by molar-refractivity contribution is 0.402. The molecule has 17 heavy (non-hydrogen) atoms. The van der Waals surface area contributed by atoms with Crippen molar-refractivity contribution in [3.05, 3.63) is 36.0 Å². The van der Waals surface area contributed by atoms with E-state index in [1.165, 1.54) is 5.56 Å². The molecule has 0 unspecified atom stereocenters. The number of aromatic nitrogens is 2. The van der Waals surface area contributed by atoms with E-state index in [-0.39, 0.29) is 0 Å². The second kappa shape index (κ2) is 4.59. The van der Waals surface area contributed by atoms with Gasteiger partial charge in [-0.15, -0.1) is 0 Å². The van der Waals surface area contributed by atoms with E-state index >= 15 is 0 Å². The van der Waals surface area contributed by atoms with E-state index in [9.17, 15) is 0 Å². The summed E-state index contributed by atoms with van der Waals surface area (Å²) in [5.74, 6) is 0.701. The average Bonchev–Trinajstić information content (AvgIpc) is 2.59. The van der Waals surface area contributed by atoms with Gasteiger partial charge in [-0.05, 0) is 31.3 Å². The van der Waals surface area contributed by atoms with Crippen molar-refractivity contribution >= 4 is 5.82 Å². The third-order valence-corrected chi connectivity index (χ3v) is 2.72. The minimum Gasteiger partial charge on any atom is -0.383 e. The smallest absolute Gasteiger partial charge is 0.129 e. The molecule has 1 aromatic heterocycles. The van der Waals surface area contributed by atoms with Crippen molar-refractivity contribution < 1.29 is 0 Å². The molecule has 0 radical (unpaired) electrons. The Bertz CT molecular complexity index is 514. The summed E-state index contributed by atoms with van der Waals surface area (Å²) in [6.07, 6.45) is 1.81. The second-order valence-electron chi connectivity index (χ2n) is 4.51. The van der Waals surface area contributed by atoms with Crippen LogP contribution in [0.2, 0.25) is 0 Å². The first kappa shape index (κ1) is 11.7. The maximum Gasteiger partial charge on any atom is 0.129 e. The van der Waals surface area contributed by atoms with Crippen LogP contribution in [0.1, 0.15) is 5.56 Å². The van der Waals surface area contributed by atoms with Crippen LogP contribution in [0, 0.1) is 0 Å². The summed E-state index contributed by atoms with van der Waals surface area (Å²) in [4.78, 5) is 2.14. The van der Waals surface area contributed by atoms with Gasteiger partial charge in [0.1, 0.15) is 5.82 Å². The van der Waals surface area contributed by atoms with Crippen molar-refractivity contribution in [1.29, 1.82) is 0 Å². The molecule has 0 aliphatic carbocycles. The van der Waals surface area contributed by atoms with Crippen LogP contribution < -0.4 is 5.73 Å². The van der Waals surface area contributed by atoms with Crippen molar-refractivity contribution in [2.45, 2.75) is 6.54 Å². The lowest BCUT2D eigenvalue weighted by atomic mass is 10.1. The van der Waals surface area contributed by atoms with Gasteiger partial charge in [-0.2, -0.15) is 5.10 Å². The van der Waals surface area contributed by atoms with Gasteiger partial charge < -0.3 is 10.6 Å². The molecule has 0 amide bonds. The summed E-state index contributed by atoms with van der Waals surface area (Å²) < 4.78 is 1.69. The van der Waals surface area contributed by atoms with Crippen LogP contribution in [0.25, 0.3) is 11.1 Å². The van der Waals surface area contributed by atoms with E-state index in [4.69, 9.17) is 5.73 Å². The summed E-state index contributed by atoms with van der Waals surface area (Å²) in [5, 5.41) is 4.16. The molecule has 2 aromatic rings. The zero-order valence-corrected chi connectivity index (χ0v) is 10.5. The van der Waals surface area contributed by atoms with Crippen molar-refractivity contribution in [1.82, 2.24) is 14.7 Å². The standard InChI is InChI=1S/C13H18N4/c1-16(2)9-10-5-4-6-11(7-10)12-8-15-17(3)13(12)14/h4-8H,9,14H2,1-3H3. The summed E-state index contributed by atoms with van der Waals surface area (Å²) in [6.45, 7) is 0.925. The molecule has 0 bridgehead atoms. The van der Waals surface area contributed by atoms with Gasteiger partial charge >= 0.3 is 0 Å². The fourth-order valence-corrected chi connectivity index (χ4v) is 1.87. The lowest BCUT2D eigenvalue weighted by Crippen LogP contribution is -2.10. The molecule has 0 aliphatic heterocycles. The average molecular weight is 230 g/mol. The topological polar surface area (TPSA) is 47.1 Å². The zero-order chi connectivity index (χ0) is 12.4. The van der Waals surface area contributed by atoms with Crippen molar-refractivity contribution in [3.63, 3.8) is 0 Å². The number of nitrogens with zero attached hydrogens (tertiary/aromatic N) is 3. The number of hydrogen-bond acceptors (Lipinski definition) is 3. The van der Waals surface area contributed by atoms with Crippen LogP contribution >= 0.6 is 0 Å². The van der Waals surface area contributed by atoms with Crippen molar-refractivity contribution in [3.8, 4) is 11.1 Å². The van der Waals surface area contributed by atoms with Gasteiger partial charge in [0.2, 0.25) is 0 Å². The first-order valence-electron chi connectivity index (χ1n) is 5.59. The third-order valence-electron chi connectivity index (χ3n) is 2.72. The fraction of sp³-hybridized carbons (Fsp3) is 0.308. The number of rotatable bonds is 3. The highest BCUT2D eigenvalue weighted by Gasteiger charge is 2.07. The monoisotopic (exact) mass is 230 g/mol. The number of anilines is 1. The Kier molecular flexibility index (Phi) is 3.15. The largest absolute Gasteiger partial charge is 0.383 e. The third kappa shape index (κ3) is 2.47. The van der Waals surface area contributed by atoms with Crippen LogP contribution in [0.3, 0.4) is 0 Å². The Morgan fingerprint density at radius 1 is 1.35 bits per heavy atom. The Labute approximate surface area is 102 Å². The molecule has 0 aliphatic rings. The molecule has 2 N–H and O–H groups in total. The highest BCUT2D eigenvalue weighted by Crippen LogP contribution is 2.25. The molecule has 1 aromatic carbocycles. The van der Waals surface area contributed by atoms with E-state index in [1.807, 2.05) is 13.2 Å². The van der Waals surface area contributed by atoms with Gasteiger partial charge in [-0.3, -0.25) is 4.68 Å². The summed E-state index contributed by atoms with van der Waals surface area (Å²) in [7, 11) is 5.97. The Morgan fingerprint density at radius 2 is 2.12 bits per heavy atom. The Hall–Kier alpha value is -1.81. The number of hydrogen-bond donors (Lipinski definition) is 1. The molecule has 0 spiro atoms. The van der Waals surface area contributed by atoms with Gasteiger partial charge in [0.25, 0.3) is 0 Å². The number of nitrogens with two attached hydrogens (primary N) is 1. The Balaban J connectivity index is 2.36. The first-order valence-corrected chi connectivity index (χ1v) is 5.59. The van der Waals surface area contributed by atoms with Crippen molar-refractivity contribution in [2.75, 3.05) is 19.8 Å². The SMILES string of the molecule is CN(C)Cc1cccc(-c2cnn(C)c2N)c1. The highest BCUT2D eigenvalue weighted by molar-refractivity contribution is 5.73. The maximum atomic E-state index is 5.98. The minimum atomic E-state index is 0.701. The summed E-state index contributed by atoms with van der Waals surface area (Å²) in [6, 6.07) is 8.40. The first-order chi connectivity index (χ1) is 8.08. The number of nitrogen functional groups attached to an aromatic ring is 1. The molecule has 0 fully saturated rings.